The first-order chi connectivity index (χ1) is 8.72. The van der Waals surface area contributed by atoms with Crippen molar-refractivity contribution in [3.8, 4) is 5.75 Å². The average Bonchev–Trinajstić information content (AvgIpc) is 2.37. The molecular formula is C14H15NO3. The molecule has 0 aliphatic rings. The van der Waals surface area contributed by atoms with Gasteiger partial charge in [-0.05, 0) is 18.4 Å². The van der Waals surface area contributed by atoms with Crippen molar-refractivity contribution >= 4 is 22.4 Å². The van der Waals surface area contributed by atoms with E-state index in [9.17, 15) is 4.79 Å². The van der Waals surface area contributed by atoms with Crippen molar-refractivity contribution in [3.63, 3.8) is 0 Å². The molecule has 2 aromatic rings. The number of hydrogen-bond donors (Lipinski definition) is 2. The van der Waals surface area contributed by atoms with E-state index in [2.05, 4.69) is 5.32 Å². The summed E-state index contributed by atoms with van der Waals surface area (Å²) in [6.45, 7) is 2.31. The molecule has 2 rings (SSSR count). The maximum atomic E-state index is 10.7. The summed E-state index contributed by atoms with van der Waals surface area (Å²) in [6.07, 6.45) is 0. The van der Waals surface area contributed by atoms with Crippen LogP contribution in [0.25, 0.3) is 10.8 Å². The highest BCUT2D eigenvalue weighted by Crippen LogP contribution is 2.33. The van der Waals surface area contributed by atoms with Gasteiger partial charge in [0.2, 0.25) is 0 Å². The third-order valence-electron chi connectivity index (χ3n) is 2.61. The summed E-state index contributed by atoms with van der Waals surface area (Å²) in [6, 6.07) is 11.6. The van der Waals surface area contributed by atoms with Crippen LogP contribution in [0.3, 0.4) is 0 Å². The lowest BCUT2D eigenvalue weighted by Gasteiger charge is -2.14. The number of hydrogen-bond acceptors (Lipinski definition) is 3. The Balaban J connectivity index is 2.47. The van der Waals surface area contributed by atoms with Crippen LogP contribution in [0.4, 0.5) is 5.69 Å². The molecule has 0 saturated carbocycles. The van der Waals surface area contributed by atoms with Crippen molar-refractivity contribution in [2.45, 2.75) is 6.92 Å². The van der Waals surface area contributed by atoms with Crippen LogP contribution in [-0.2, 0) is 4.79 Å². The average molecular weight is 245 g/mol. The molecule has 0 aliphatic carbocycles. The molecule has 0 radical (unpaired) electrons. The zero-order chi connectivity index (χ0) is 13.0. The Morgan fingerprint density at radius 3 is 2.78 bits per heavy atom. The molecule has 0 heterocycles. The van der Waals surface area contributed by atoms with Crippen molar-refractivity contribution < 1.29 is 14.6 Å². The van der Waals surface area contributed by atoms with Gasteiger partial charge in [0.1, 0.15) is 12.3 Å². The van der Waals surface area contributed by atoms with Gasteiger partial charge in [-0.2, -0.15) is 0 Å². The third kappa shape index (κ3) is 2.53. The number of fused-ring (bicyclic) bond motifs is 1. The van der Waals surface area contributed by atoms with Gasteiger partial charge in [-0.1, -0.05) is 30.3 Å². The molecule has 4 heteroatoms. The number of carboxylic acid groups (broad SMARTS) is 1. The molecular weight excluding hydrogens is 230 g/mol. The second kappa shape index (κ2) is 5.40. The molecule has 94 valence electrons. The highest BCUT2D eigenvalue weighted by Gasteiger charge is 2.09. The van der Waals surface area contributed by atoms with Crippen molar-refractivity contribution in [2.24, 2.45) is 0 Å². The molecule has 0 aliphatic heterocycles. The SMILES string of the molecule is CCOc1ccc2ccccc2c1NCC(=O)O. The van der Waals surface area contributed by atoms with Gasteiger partial charge in [-0.15, -0.1) is 0 Å². The zero-order valence-corrected chi connectivity index (χ0v) is 10.1. The number of carboxylic acids is 1. The second-order valence-electron chi connectivity index (χ2n) is 3.84. The van der Waals surface area contributed by atoms with Gasteiger partial charge in [0.15, 0.2) is 0 Å². The first kappa shape index (κ1) is 12.2. The molecule has 2 N–H and O–H groups in total. The van der Waals surface area contributed by atoms with E-state index < -0.39 is 5.97 Å². The van der Waals surface area contributed by atoms with Crippen LogP contribution in [0.5, 0.6) is 5.75 Å². The summed E-state index contributed by atoms with van der Waals surface area (Å²) >= 11 is 0. The maximum Gasteiger partial charge on any atom is 0.322 e. The minimum Gasteiger partial charge on any atom is -0.492 e. The fourth-order valence-corrected chi connectivity index (χ4v) is 1.87. The van der Waals surface area contributed by atoms with E-state index in [1.54, 1.807) is 0 Å². The largest absolute Gasteiger partial charge is 0.492 e. The van der Waals surface area contributed by atoms with Gasteiger partial charge in [0, 0.05) is 5.39 Å². The Bertz CT molecular complexity index is 566. The van der Waals surface area contributed by atoms with Crippen molar-refractivity contribution in [1.29, 1.82) is 0 Å². The number of rotatable bonds is 5. The molecule has 0 saturated heterocycles. The molecule has 0 atom stereocenters. The van der Waals surface area contributed by atoms with Crippen LogP contribution in [0, 0.1) is 0 Å². The number of ether oxygens (including phenoxy) is 1. The van der Waals surface area contributed by atoms with Crippen LogP contribution in [-0.4, -0.2) is 24.2 Å². The summed E-state index contributed by atoms with van der Waals surface area (Å²) in [5.41, 5.74) is 0.734. The van der Waals surface area contributed by atoms with E-state index in [-0.39, 0.29) is 6.54 Å². The Hall–Kier alpha value is -2.23. The predicted molar refractivity (Wildman–Crippen MR) is 71.2 cm³/mol. The Morgan fingerprint density at radius 1 is 1.28 bits per heavy atom. The molecule has 0 aromatic heterocycles. The second-order valence-corrected chi connectivity index (χ2v) is 3.84. The van der Waals surface area contributed by atoms with Gasteiger partial charge in [-0.3, -0.25) is 4.79 Å². The summed E-state index contributed by atoms with van der Waals surface area (Å²) in [5, 5.41) is 13.7. The lowest BCUT2D eigenvalue weighted by Crippen LogP contribution is -2.13. The Labute approximate surface area is 105 Å². The molecule has 0 unspecified atom stereocenters. The van der Waals surface area contributed by atoms with E-state index in [0.29, 0.717) is 12.4 Å². The monoisotopic (exact) mass is 245 g/mol. The van der Waals surface area contributed by atoms with Crippen molar-refractivity contribution in [2.75, 3.05) is 18.5 Å². The van der Waals surface area contributed by atoms with Crippen LogP contribution in [0.2, 0.25) is 0 Å². The smallest absolute Gasteiger partial charge is 0.322 e. The zero-order valence-electron chi connectivity index (χ0n) is 10.1. The van der Waals surface area contributed by atoms with Crippen LogP contribution in [0.1, 0.15) is 6.92 Å². The van der Waals surface area contributed by atoms with Crippen molar-refractivity contribution in [1.82, 2.24) is 0 Å². The fourth-order valence-electron chi connectivity index (χ4n) is 1.87. The minimum atomic E-state index is -0.898. The van der Waals surface area contributed by atoms with E-state index in [0.717, 1.165) is 16.5 Å². The lowest BCUT2D eigenvalue weighted by molar-refractivity contribution is -0.134. The van der Waals surface area contributed by atoms with Crippen LogP contribution < -0.4 is 10.1 Å². The van der Waals surface area contributed by atoms with Crippen LogP contribution >= 0.6 is 0 Å². The van der Waals surface area contributed by atoms with Gasteiger partial charge in [0.25, 0.3) is 0 Å². The van der Waals surface area contributed by atoms with Gasteiger partial charge in [0.05, 0.1) is 12.3 Å². The number of benzene rings is 2. The number of carbonyl (C=O) groups is 1. The van der Waals surface area contributed by atoms with E-state index in [4.69, 9.17) is 9.84 Å². The fraction of sp³-hybridized carbons (Fsp3) is 0.214. The van der Waals surface area contributed by atoms with Gasteiger partial charge < -0.3 is 15.2 Å². The molecule has 0 spiro atoms. The van der Waals surface area contributed by atoms with Gasteiger partial charge in [-0.25, -0.2) is 0 Å². The molecule has 0 amide bonds. The summed E-state index contributed by atoms with van der Waals surface area (Å²) in [7, 11) is 0. The van der Waals surface area contributed by atoms with Crippen molar-refractivity contribution in [3.05, 3.63) is 36.4 Å². The molecule has 4 nitrogen and oxygen atoms in total. The highest BCUT2D eigenvalue weighted by atomic mass is 16.5. The normalized spacial score (nSPS) is 10.3. The summed E-state index contributed by atoms with van der Waals surface area (Å²) < 4.78 is 5.52. The Kier molecular flexibility index (Phi) is 3.67. The number of anilines is 1. The highest BCUT2D eigenvalue weighted by molar-refractivity contribution is 5.97. The molecule has 0 fully saturated rings. The topological polar surface area (TPSA) is 58.6 Å². The van der Waals surface area contributed by atoms with Gasteiger partial charge >= 0.3 is 5.97 Å². The summed E-state index contributed by atoms with van der Waals surface area (Å²) in [4.78, 5) is 10.7. The lowest BCUT2D eigenvalue weighted by atomic mass is 10.1. The van der Waals surface area contributed by atoms with E-state index in [1.165, 1.54) is 0 Å². The standard InChI is InChI=1S/C14H15NO3/c1-2-18-12-8-7-10-5-3-4-6-11(10)14(12)15-9-13(16)17/h3-8,15H,2,9H2,1H3,(H,16,17). The van der Waals surface area contributed by atoms with E-state index in [1.807, 2.05) is 43.3 Å². The number of nitrogens with one attached hydrogen (secondary N) is 1. The molecule has 0 bridgehead atoms. The van der Waals surface area contributed by atoms with E-state index >= 15 is 0 Å². The maximum absolute atomic E-state index is 10.7. The Morgan fingerprint density at radius 2 is 2.06 bits per heavy atom. The first-order valence-corrected chi connectivity index (χ1v) is 5.82. The van der Waals surface area contributed by atoms with Crippen LogP contribution in [0.15, 0.2) is 36.4 Å². The third-order valence-corrected chi connectivity index (χ3v) is 2.61. The minimum absolute atomic E-state index is 0.131. The predicted octanol–water partition coefficient (Wildman–Crippen LogP) is 2.73. The quantitative estimate of drug-likeness (QED) is 0.850. The molecule has 2 aromatic carbocycles. The summed E-state index contributed by atoms with van der Waals surface area (Å²) in [5.74, 6) is -0.220. The molecule has 18 heavy (non-hydrogen) atoms. The first-order valence-electron chi connectivity index (χ1n) is 5.82. The number of aliphatic carboxylic acids is 1.